The zero-order valence-electron chi connectivity index (χ0n) is 16.4. The number of carbonyl (C=O) groups is 2. The second-order valence-electron chi connectivity index (χ2n) is 6.44. The molecule has 1 aliphatic rings. The topological polar surface area (TPSA) is 114 Å². The third kappa shape index (κ3) is 5.36. The largest absolute Gasteiger partial charge is 0.497 e. The third-order valence-corrected chi connectivity index (χ3v) is 7.76. The van der Waals surface area contributed by atoms with E-state index in [0.29, 0.717) is 6.42 Å². The van der Waals surface area contributed by atoms with Crippen LogP contribution < -0.4 is 15.4 Å². The van der Waals surface area contributed by atoms with Crippen molar-refractivity contribution in [2.45, 2.75) is 16.9 Å². The van der Waals surface area contributed by atoms with Crippen molar-refractivity contribution in [3.63, 3.8) is 0 Å². The first-order valence-electron chi connectivity index (χ1n) is 9.27. The Kier molecular flexibility index (Phi) is 7.43. The summed E-state index contributed by atoms with van der Waals surface area (Å²) in [6.07, 6.45) is -0.296. The van der Waals surface area contributed by atoms with E-state index in [-0.39, 0.29) is 30.5 Å². The zero-order valence-corrected chi connectivity index (χ0v) is 18.0. The molecule has 1 atom stereocenters. The van der Waals surface area contributed by atoms with Gasteiger partial charge in [-0.3, -0.25) is 9.59 Å². The fourth-order valence-corrected chi connectivity index (χ4v) is 5.55. The van der Waals surface area contributed by atoms with Crippen LogP contribution in [0.25, 0.3) is 0 Å². The third-order valence-electron chi connectivity index (χ3n) is 4.50. The van der Waals surface area contributed by atoms with E-state index in [2.05, 4.69) is 10.6 Å². The smallest absolute Gasteiger partial charge is 0.309 e. The van der Waals surface area contributed by atoms with Crippen LogP contribution in [-0.4, -0.2) is 64.1 Å². The second kappa shape index (κ2) is 10.0. The number of nitrogens with zero attached hydrogens (tertiary/aromatic N) is 1. The number of sulfonamides is 1. The van der Waals surface area contributed by atoms with Gasteiger partial charge in [-0.2, -0.15) is 4.31 Å². The fraction of sp³-hybridized carbons (Fsp3) is 0.368. The lowest BCUT2D eigenvalue weighted by Gasteiger charge is -2.22. The van der Waals surface area contributed by atoms with Gasteiger partial charge in [-0.15, -0.1) is 11.3 Å². The van der Waals surface area contributed by atoms with Crippen molar-refractivity contribution >= 4 is 33.2 Å². The van der Waals surface area contributed by atoms with E-state index >= 15 is 0 Å². The monoisotopic (exact) mass is 453 g/mol. The van der Waals surface area contributed by atoms with Gasteiger partial charge in [-0.1, -0.05) is 18.2 Å². The highest BCUT2D eigenvalue weighted by Gasteiger charge is 2.37. The molecule has 0 unspecified atom stereocenters. The number of carbonyl (C=O) groups excluding carboxylic acids is 2. The molecule has 0 saturated carbocycles. The molecular formula is C19H23N3O6S2. The molecule has 9 nitrogen and oxygen atoms in total. The summed E-state index contributed by atoms with van der Waals surface area (Å²) >= 11 is 1.11. The summed E-state index contributed by atoms with van der Waals surface area (Å²) in [6, 6.07) is 10.6. The molecule has 1 fully saturated rings. The van der Waals surface area contributed by atoms with Crippen LogP contribution in [0.2, 0.25) is 0 Å². The summed E-state index contributed by atoms with van der Waals surface area (Å²) < 4.78 is 37.2. The molecular weight excluding hydrogens is 430 g/mol. The van der Waals surface area contributed by atoms with Gasteiger partial charge < -0.3 is 20.1 Å². The van der Waals surface area contributed by atoms with Crippen molar-refractivity contribution in [1.82, 2.24) is 14.9 Å². The standard InChI is InChI=1S/C19H23N3O6S2/c1-27-15-6-4-14(5-7-15)8-9-20-18(23)19(24)21-13-16-22(10-11-28-16)30(25,26)17-3-2-12-29-17/h2-7,12,16H,8-11,13H2,1H3,(H,20,23)(H,21,24)/t16-/m0/s1. The summed E-state index contributed by atoms with van der Waals surface area (Å²) in [7, 11) is -2.11. The van der Waals surface area contributed by atoms with E-state index in [4.69, 9.17) is 9.47 Å². The van der Waals surface area contributed by atoms with E-state index in [1.165, 1.54) is 10.4 Å². The summed E-state index contributed by atoms with van der Waals surface area (Å²) in [4.78, 5) is 24.0. The SMILES string of the molecule is COc1ccc(CCNC(=O)C(=O)NC[C@@H]2OCCN2S(=O)(=O)c2cccs2)cc1. The molecule has 2 N–H and O–H groups in total. The number of methoxy groups -OCH3 is 1. The summed E-state index contributed by atoms with van der Waals surface area (Å²) in [5, 5.41) is 6.66. The number of hydrogen-bond donors (Lipinski definition) is 2. The molecule has 1 saturated heterocycles. The average Bonchev–Trinajstić information content (AvgIpc) is 3.45. The molecule has 2 amide bonds. The van der Waals surface area contributed by atoms with Gasteiger partial charge in [0.15, 0.2) is 0 Å². The van der Waals surface area contributed by atoms with E-state index in [1.807, 2.05) is 24.3 Å². The molecule has 0 radical (unpaired) electrons. The molecule has 162 valence electrons. The maximum absolute atomic E-state index is 12.7. The van der Waals surface area contributed by atoms with Gasteiger partial charge in [0, 0.05) is 13.1 Å². The first-order valence-corrected chi connectivity index (χ1v) is 11.6. The van der Waals surface area contributed by atoms with Crippen LogP contribution in [-0.2, 0) is 30.8 Å². The molecule has 1 aromatic heterocycles. The lowest BCUT2D eigenvalue weighted by molar-refractivity contribution is -0.139. The number of thiophene rings is 1. The Morgan fingerprint density at radius 1 is 1.20 bits per heavy atom. The second-order valence-corrected chi connectivity index (χ2v) is 9.50. The fourth-order valence-electron chi connectivity index (χ4n) is 2.92. The highest BCUT2D eigenvalue weighted by Crippen LogP contribution is 2.25. The summed E-state index contributed by atoms with van der Waals surface area (Å²) in [5.74, 6) is -0.880. The van der Waals surface area contributed by atoms with Gasteiger partial charge in [-0.25, -0.2) is 8.42 Å². The average molecular weight is 454 g/mol. The lowest BCUT2D eigenvalue weighted by atomic mass is 10.1. The van der Waals surface area contributed by atoms with Crippen LogP contribution in [0.15, 0.2) is 46.0 Å². The van der Waals surface area contributed by atoms with Gasteiger partial charge in [0.1, 0.15) is 16.2 Å². The van der Waals surface area contributed by atoms with Gasteiger partial charge in [0.2, 0.25) is 0 Å². The van der Waals surface area contributed by atoms with E-state index < -0.39 is 28.1 Å². The molecule has 3 rings (SSSR count). The van der Waals surface area contributed by atoms with Crippen molar-refractivity contribution < 1.29 is 27.5 Å². The van der Waals surface area contributed by atoms with Gasteiger partial charge >= 0.3 is 11.8 Å². The van der Waals surface area contributed by atoms with E-state index in [0.717, 1.165) is 22.6 Å². The van der Waals surface area contributed by atoms with Crippen molar-refractivity contribution in [3.05, 3.63) is 47.3 Å². The first-order chi connectivity index (χ1) is 14.4. The molecule has 2 aromatic rings. The molecule has 1 aliphatic heterocycles. The highest BCUT2D eigenvalue weighted by molar-refractivity contribution is 7.91. The molecule has 0 bridgehead atoms. The number of amides is 2. The van der Waals surface area contributed by atoms with Crippen LogP contribution >= 0.6 is 11.3 Å². The molecule has 1 aromatic carbocycles. The Labute approximate surface area is 179 Å². The van der Waals surface area contributed by atoms with Crippen molar-refractivity contribution in [3.8, 4) is 5.75 Å². The quantitative estimate of drug-likeness (QED) is 0.565. The van der Waals surface area contributed by atoms with E-state index in [9.17, 15) is 18.0 Å². The predicted octanol–water partition coefficient (Wildman–Crippen LogP) is 0.579. The Hall–Kier alpha value is -2.47. The predicted molar refractivity (Wildman–Crippen MR) is 111 cm³/mol. The van der Waals surface area contributed by atoms with Crippen LogP contribution in [0.1, 0.15) is 5.56 Å². The molecule has 11 heteroatoms. The number of benzene rings is 1. The number of hydrogen-bond acceptors (Lipinski definition) is 7. The number of ether oxygens (including phenoxy) is 2. The Bertz CT molecular complexity index is 961. The molecule has 2 heterocycles. The minimum absolute atomic E-state index is 0.116. The van der Waals surface area contributed by atoms with Crippen molar-refractivity contribution in [2.24, 2.45) is 0 Å². The Balaban J connectivity index is 1.45. The van der Waals surface area contributed by atoms with Gasteiger partial charge in [0.25, 0.3) is 10.0 Å². The lowest BCUT2D eigenvalue weighted by Crippen LogP contribution is -2.47. The summed E-state index contributed by atoms with van der Waals surface area (Å²) in [6.45, 7) is 0.584. The number of nitrogens with one attached hydrogen (secondary N) is 2. The molecule has 0 aliphatic carbocycles. The van der Waals surface area contributed by atoms with Crippen LogP contribution in [0.5, 0.6) is 5.75 Å². The highest BCUT2D eigenvalue weighted by atomic mass is 32.2. The molecule has 0 spiro atoms. The summed E-state index contributed by atoms with van der Waals surface area (Å²) in [5.41, 5.74) is 0.991. The van der Waals surface area contributed by atoms with E-state index in [1.54, 1.807) is 18.6 Å². The van der Waals surface area contributed by atoms with Gasteiger partial charge in [-0.05, 0) is 35.6 Å². The Morgan fingerprint density at radius 2 is 1.93 bits per heavy atom. The van der Waals surface area contributed by atoms with Crippen LogP contribution in [0, 0.1) is 0 Å². The van der Waals surface area contributed by atoms with Crippen LogP contribution in [0.3, 0.4) is 0 Å². The molecule has 30 heavy (non-hydrogen) atoms. The maximum atomic E-state index is 12.7. The van der Waals surface area contributed by atoms with Gasteiger partial charge in [0.05, 0.1) is 20.3 Å². The maximum Gasteiger partial charge on any atom is 0.309 e. The van der Waals surface area contributed by atoms with Crippen LogP contribution in [0.4, 0.5) is 0 Å². The normalized spacial score (nSPS) is 16.9. The number of rotatable bonds is 8. The first kappa shape index (κ1) is 22.2. The van der Waals surface area contributed by atoms with Crippen molar-refractivity contribution in [1.29, 1.82) is 0 Å². The zero-order chi connectivity index (χ0) is 21.6. The van der Waals surface area contributed by atoms with Crippen molar-refractivity contribution in [2.75, 3.05) is 33.4 Å². The Morgan fingerprint density at radius 3 is 2.60 bits per heavy atom. The minimum atomic E-state index is -3.70. The minimum Gasteiger partial charge on any atom is -0.497 e.